The van der Waals surface area contributed by atoms with Crippen LogP contribution >= 0.6 is 0 Å². The first kappa shape index (κ1) is 54.8. The summed E-state index contributed by atoms with van der Waals surface area (Å²) in [6, 6.07) is -0.703. The first-order valence-corrected chi connectivity index (χ1v) is 24.4. The van der Waals surface area contributed by atoms with Gasteiger partial charge in [-0.05, 0) is 44.9 Å². The summed E-state index contributed by atoms with van der Waals surface area (Å²) in [7, 11) is 0. The van der Waals surface area contributed by atoms with Gasteiger partial charge in [0.2, 0.25) is 5.91 Å². The zero-order valence-electron chi connectivity index (χ0n) is 37.7. The summed E-state index contributed by atoms with van der Waals surface area (Å²) in [4.78, 5) is 26.1. The third-order valence-corrected chi connectivity index (χ3v) is 11.0. The maximum Gasteiger partial charge on any atom is 0.306 e. The lowest BCUT2D eigenvalue weighted by Gasteiger charge is -2.24. The Morgan fingerprint density at radius 1 is 0.526 bits per heavy atom. The fourth-order valence-electron chi connectivity index (χ4n) is 7.32. The quantitative estimate of drug-likeness (QED) is 0.0324. The van der Waals surface area contributed by atoms with Crippen molar-refractivity contribution in [3.63, 3.8) is 0 Å². The van der Waals surface area contributed by atoms with E-state index in [0.29, 0.717) is 19.3 Å². The molecule has 3 N–H and O–H groups in total. The number of allylic oxidation sites excluding steroid dienone is 8. The third-order valence-electron chi connectivity index (χ3n) is 11.0. The third kappa shape index (κ3) is 40.4. The largest absolute Gasteiger partial charge is 0.462 e. The number of ether oxygens (including phenoxy) is 1. The minimum absolute atomic E-state index is 0.0698. The number of hydrogen-bond donors (Lipinski definition) is 3. The van der Waals surface area contributed by atoms with Crippen molar-refractivity contribution < 1.29 is 24.5 Å². The molecule has 0 bridgehead atoms. The van der Waals surface area contributed by atoms with Gasteiger partial charge in [0.05, 0.1) is 25.2 Å². The molecule has 3 atom stereocenters. The first-order chi connectivity index (χ1) is 28.0. The summed E-state index contributed by atoms with van der Waals surface area (Å²) in [6.45, 7) is 6.33. The fraction of sp³-hybridized carbons (Fsp3) is 0.804. The van der Waals surface area contributed by atoms with Crippen LogP contribution in [0.4, 0.5) is 0 Å². The summed E-state index contributed by atoms with van der Waals surface area (Å²) in [5, 5.41) is 23.7. The molecule has 0 aliphatic heterocycles. The summed E-state index contributed by atoms with van der Waals surface area (Å²) in [5.74, 6) is -0.496. The monoisotopic (exact) mass is 800 g/mol. The Kier molecular flexibility index (Phi) is 43.2. The number of carbonyl (C=O) groups is 2. The van der Waals surface area contributed by atoms with Gasteiger partial charge in [-0.25, -0.2) is 0 Å². The Bertz CT molecular complexity index is 988. The Morgan fingerprint density at radius 3 is 1.44 bits per heavy atom. The molecular weight excluding hydrogens is 707 g/mol. The van der Waals surface area contributed by atoms with Crippen molar-refractivity contribution in [2.45, 2.75) is 257 Å². The zero-order valence-corrected chi connectivity index (χ0v) is 37.7. The number of esters is 1. The minimum atomic E-state index is -0.789. The molecule has 332 valence electrons. The molecule has 0 aliphatic rings. The number of carbonyl (C=O) groups excluding carboxylic acids is 2. The van der Waals surface area contributed by atoms with Crippen LogP contribution in [-0.2, 0) is 14.3 Å². The van der Waals surface area contributed by atoms with Crippen molar-refractivity contribution in [3.05, 3.63) is 48.6 Å². The highest BCUT2D eigenvalue weighted by molar-refractivity contribution is 5.77. The van der Waals surface area contributed by atoms with Gasteiger partial charge in [-0.2, -0.15) is 0 Å². The normalized spacial score (nSPS) is 13.7. The number of nitrogens with one attached hydrogen (secondary N) is 1. The van der Waals surface area contributed by atoms with Gasteiger partial charge in [0.25, 0.3) is 0 Å². The number of amides is 1. The Morgan fingerprint density at radius 2 is 0.947 bits per heavy atom. The topological polar surface area (TPSA) is 95.9 Å². The van der Waals surface area contributed by atoms with Gasteiger partial charge < -0.3 is 20.3 Å². The molecule has 0 aromatic heterocycles. The first-order valence-electron chi connectivity index (χ1n) is 24.4. The lowest BCUT2D eigenvalue weighted by Crippen LogP contribution is -2.46. The predicted octanol–water partition coefficient (Wildman–Crippen LogP) is 14.3. The second kappa shape index (κ2) is 44.9. The van der Waals surface area contributed by atoms with Crippen molar-refractivity contribution in [1.82, 2.24) is 5.32 Å². The van der Waals surface area contributed by atoms with E-state index in [0.717, 1.165) is 77.0 Å². The molecule has 1 amide bonds. The van der Waals surface area contributed by atoms with E-state index >= 15 is 0 Å². The molecule has 0 aromatic carbocycles. The maximum absolute atomic E-state index is 13.2. The Balaban J connectivity index is 4.61. The summed E-state index contributed by atoms with van der Waals surface area (Å²) >= 11 is 0. The second-order valence-corrected chi connectivity index (χ2v) is 16.6. The highest BCUT2D eigenvalue weighted by Crippen LogP contribution is 2.18. The summed E-state index contributed by atoms with van der Waals surface area (Å²) < 4.78 is 5.91. The fourth-order valence-corrected chi connectivity index (χ4v) is 7.32. The lowest BCUT2D eigenvalue weighted by molar-refractivity contribution is -0.151. The number of aliphatic hydroxyl groups is 2. The number of aliphatic hydroxyl groups excluding tert-OH is 2. The van der Waals surface area contributed by atoms with Gasteiger partial charge >= 0.3 is 5.97 Å². The molecule has 0 saturated carbocycles. The standard InChI is InChI=1S/C51H93NO5/c1-4-7-10-13-16-19-22-24-25-26-29-32-35-38-41-44-51(56)57-47(42-39-36-33-30-28-23-20-17-14-11-8-5-2)45-50(55)52-48(46-53)49(54)43-40-37-34-31-27-21-18-15-12-9-6-3/h7,10,13,16,19,22,24-25,47-49,53-54H,4-6,8-9,11-12,14-15,17-18,20-21,23,26-46H2,1-3H3,(H,52,55)/b10-7+,16-13+,22-19+,25-24-. The zero-order chi connectivity index (χ0) is 41.7. The molecule has 6 nitrogen and oxygen atoms in total. The summed E-state index contributed by atoms with van der Waals surface area (Å²) in [6.07, 6.45) is 53.1. The van der Waals surface area contributed by atoms with Crippen molar-refractivity contribution in [2.24, 2.45) is 0 Å². The highest BCUT2D eigenvalue weighted by Gasteiger charge is 2.24. The van der Waals surface area contributed by atoms with Crippen LogP contribution in [0.1, 0.15) is 239 Å². The SMILES string of the molecule is CC/C=C/C=C/C=C/C=C\CCCCCCCC(=O)OC(CCCCCCCCCCCCCC)CC(=O)NC(CO)C(O)CCCCCCCCCCCCC. The van der Waals surface area contributed by atoms with Crippen LogP contribution in [0.2, 0.25) is 0 Å². The van der Waals surface area contributed by atoms with Crippen LogP contribution in [0.15, 0.2) is 48.6 Å². The minimum Gasteiger partial charge on any atom is -0.462 e. The van der Waals surface area contributed by atoms with Crippen molar-refractivity contribution in [2.75, 3.05) is 6.61 Å². The maximum atomic E-state index is 13.2. The highest BCUT2D eigenvalue weighted by atomic mass is 16.5. The van der Waals surface area contributed by atoms with E-state index in [1.807, 2.05) is 18.2 Å². The van der Waals surface area contributed by atoms with E-state index < -0.39 is 18.2 Å². The van der Waals surface area contributed by atoms with Gasteiger partial charge in [0.1, 0.15) is 6.10 Å². The van der Waals surface area contributed by atoms with E-state index in [1.165, 1.54) is 116 Å². The molecular formula is C51H93NO5. The molecule has 0 saturated heterocycles. The van der Waals surface area contributed by atoms with Crippen LogP contribution in [-0.4, -0.2) is 46.9 Å². The van der Waals surface area contributed by atoms with Crippen LogP contribution in [0, 0.1) is 0 Å². The van der Waals surface area contributed by atoms with Gasteiger partial charge in [-0.15, -0.1) is 0 Å². The number of hydrogen-bond acceptors (Lipinski definition) is 5. The average molecular weight is 800 g/mol. The molecule has 57 heavy (non-hydrogen) atoms. The molecule has 0 fully saturated rings. The molecule has 0 aromatic rings. The van der Waals surface area contributed by atoms with Crippen molar-refractivity contribution in [1.29, 1.82) is 0 Å². The van der Waals surface area contributed by atoms with E-state index in [4.69, 9.17) is 4.74 Å². The van der Waals surface area contributed by atoms with Gasteiger partial charge in [-0.3, -0.25) is 9.59 Å². The number of unbranched alkanes of at least 4 members (excludes halogenated alkanes) is 26. The van der Waals surface area contributed by atoms with E-state index in [-0.39, 0.29) is 24.9 Å². The van der Waals surface area contributed by atoms with Gasteiger partial charge in [0, 0.05) is 6.42 Å². The molecule has 0 rings (SSSR count). The van der Waals surface area contributed by atoms with Crippen LogP contribution in [0.3, 0.4) is 0 Å². The molecule has 0 aliphatic carbocycles. The number of rotatable bonds is 43. The van der Waals surface area contributed by atoms with Crippen LogP contribution < -0.4 is 5.32 Å². The van der Waals surface area contributed by atoms with Crippen LogP contribution in [0.5, 0.6) is 0 Å². The van der Waals surface area contributed by atoms with Gasteiger partial charge in [-0.1, -0.05) is 230 Å². The summed E-state index contributed by atoms with van der Waals surface area (Å²) in [5.41, 5.74) is 0. The van der Waals surface area contributed by atoms with E-state index in [2.05, 4.69) is 56.5 Å². The van der Waals surface area contributed by atoms with Crippen LogP contribution in [0.25, 0.3) is 0 Å². The Hall–Kier alpha value is -2.18. The smallest absolute Gasteiger partial charge is 0.306 e. The average Bonchev–Trinajstić information content (AvgIpc) is 3.20. The molecule has 0 spiro atoms. The van der Waals surface area contributed by atoms with E-state index in [9.17, 15) is 19.8 Å². The Labute approximate surface area is 353 Å². The van der Waals surface area contributed by atoms with Crippen molar-refractivity contribution in [3.8, 4) is 0 Å². The lowest BCUT2D eigenvalue weighted by atomic mass is 10.0. The van der Waals surface area contributed by atoms with Crippen molar-refractivity contribution >= 4 is 11.9 Å². The molecule has 6 heteroatoms. The molecule has 0 radical (unpaired) electrons. The van der Waals surface area contributed by atoms with Gasteiger partial charge in [0.15, 0.2) is 0 Å². The van der Waals surface area contributed by atoms with E-state index in [1.54, 1.807) is 0 Å². The molecule has 0 heterocycles. The second-order valence-electron chi connectivity index (χ2n) is 16.6. The predicted molar refractivity (Wildman–Crippen MR) is 245 cm³/mol. The molecule has 3 unspecified atom stereocenters.